The lowest BCUT2D eigenvalue weighted by molar-refractivity contribution is 0.0552. The molecular formula is C16H24N2O. The van der Waals surface area contributed by atoms with E-state index < -0.39 is 0 Å². The fourth-order valence-electron chi connectivity index (χ4n) is 2.79. The quantitative estimate of drug-likeness (QED) is 0.903. The first-order valence-corrected chi connectivity index (χ1v) is 7.29. The molecule has 1 fully saturated rings. The second-order valence-corrected chi connectivity index (χ2v) is 5.43. The van der Waals surface area contributed by atoms with Gasteiger partial charge in [0.1, 0.15) is 0 Å². The van der Waals surface area contributed by atoms with Crippen LogP contribution in [0.15, 0.2) is 24.3 Å². The number of benzene rings is 1. The average Bonchev–Trinajstić information content (AvgIpc) is 2.42. The smallest absolute Gasteiger partial charge is 0.256 e. The predicted octanol–water partition coefficient (Wildman–Crippen LogP) is 3.38. The molecule has 1 amide bonds. The lowest BCUT2D eigenvalue weighted by Crippen LogP contribution is -2.46. The Labute approximate surface area is 116 Å². The van der Waals surface area contributed by atoms with Crippen molar-refractivity contribution in [2.75, 3.05) is 18.4 Å². The van der Waals surface area contributed by atoms with Crippen LogP contribution in [-0.4, -0.2) is 29.9 Å². The third-order valence-corrected chi connectivity index (χ3v) is 4.16. The number of likely N-dealkylation sites (tertiary alicyclic amines) is 1. The van der Waals surface area contributed by atoms with Gasteiger partial charge in [-0.05, 0) is 44.7 Å². The van der Waals surface area contributed by atoms with Crippen molar-refractivity contribution in [2.24, 2.45) is 5.92 Å². The number of hydrogen-bond donors (Lipinski definition) is 1. The highest BCUT2D eigenvalue weighted by Crippen LogP contribution is 2.26. The molecule has 19 heavy (non-hydrogen) atoms. The SMILES string of the molecule is CCNc1ccccc1C(=O)N1CCCC(C)C1C. The van der Waals surface area contributed by atoms with Gasteiger partial charge in [-0.25, -0.2) is 0 Å². The highest BCUT2D eigenvalue weighted by atomic mass is 16.2. The molecule has 1 aliphatic rings. The van der Waals surface area contributed by atoms with Crippen LogP contribution >= 0.6 is 0 Å². The zero-order valence-electron chi connectivity index (χ0n) is 12.1. The van der Waals surface area contributed by atoms with Gasteiger partial charge in [0.05, 0.1) is 5.56 Å². The number of nitrogens with zero attached hydrogens (tertiary/aromatic N) is 1. The van der Waals surface area contributed by atoms with Gasteiger partial charge < -0.3 is 10.2 Å². The molecule has 1 aliphatic heterocycles. The summed E-state index contributed by atoms with van der Waals surface area (Å²) in [5.74, 6) is 0.750. The minimum atomic E-state index is 0.163. The molecule has 1 aromatic carbocycles. The Kier molecular flexibility index (Phi) is 4.46. The molecule has 1 aromatic rings. The van der Waals surface area contributed by atoms with Crippen LogP contribution < -0.4 is 5.32 Å². The van der Waals surface area contributed by atoms with Gasteiger partial charge in [0.2, 0.25) is 0 Å². The first-order chi connectivity index (χ1) is 9.15. The van der Waals surface area contributed by atoms with E-state index in [2.05, 4.69) is 19.2 Å². The molecule has 2 rings (SSSR count). The largest absolute Gasteiger partial charge is 0.385 e. The second kappa shape index (κ2) is 6.09. The maximum absolute atomic E-state index is 12.7. The topological polar surface area (TPSA) is 32.3 Å². The van der Waals surface area contributed by atoms with Crippen LogP contribution in [0.25, 0.3) is 0 Å². The maximum atomic E-state index is 12.7. The van der Waals surface area contributed by atoms with Crippen LogP contribution in [0.5, 0.6) is 0 Å². The van der Waals surface area contributed by atoms with Crippen LogP contribution in [0.2, 0.25) is 0 Å². The van der Waals surface area contributed by atoms with E-state index in [1.54, 1.807) is 0 Å². The summed E-state index contributed by atoms with van der Waals surface area (Å²) >= 11 is 0. The molecule has 2 unspecified atom stereocenters. The molecule has 3 heteroatoms. The summed E-state index contributed by atoms with van der Waals surface area (Å²) in [7, 11) is 0. The summed E-state index contributed by atoms with van der Waals surface area (Å²) in [5.41, 5.74) is 1.74. The molecule has 0 spiro atoms. The van der Waals surface area contributed by atoms with Gasteiger partial charge in [-0.1, -0.05) is 19.1 Å². The van der Waals surface area contributed by atoms with E-state index in [1.165, 1.54) is 6.42 Å². The van der Waals surface area contributed by atoms with E-state index in [9.17, 15) is 4.79 Å². The summed E-state index contributed by atoms with van der Waals surface area (Å²) in [4.78, 5) is 14.8. The normalized spacial score (nSPS) is 23.2. The van der Waals surface area contributed by atoms with Gasteiger partial charge in [-0.3, -0.25) is 4.79 Å². The number of carbonyl (C=O) groups is 1. The van der Waals surface area contributed by atoms with E-state index in [0.29, 0.717) is 12.0 Å². The van der Waals surface area contributed by atoms with E-state index >= 15 is 0 Å². The zero-order chi connectivity index (χ0) is 13.8. The van der Waals surface area contributed by atoms with Gasteiger partial charge in [-0.15, -0.1) is 0 Å². The van der Waals surface area contributed by atoms with Gasteiger partial charge in [-0.2, -0.15) is 0 Å². The Morgan fingerprint density at radius 3 is 2.84 bits per heavy atom. The Morgan fingerprint density at radius 2 is 2.11 bits per heavy atom. The van der Waals surface area contributed by atoms with Crippen LogP contribution in [0, 0.1) is 5.92 Å². The summed E-state index contributed by atoms with van der Waals surface area (Å²) in [6.07, 6.45) is 2.33. The molecule has 0 aromatic heterocycles. The number of para-hydroxylation sites is 1. The number of carbonyl (C=O) groups excluding carboxylic acids is 1. The minimum Gasteiger partial charge on any atom is -0.385 e. The first-order valence-electron chi connectivity index (χ1n) is 7.29. The number of anilines is 1. The molecule has 1 N–H and O–H groups in total. The number of amides is 1. The summed E-state index contributed by atoms with van der Waals surface area (Å²) < 4.78 is 0. The number of piperidine rings is 1. The fourth-order valence-corrected chi connectivity index (χ4v) is 2.79. The lowest BCUT2D eigenvalue weighted by Gasteiger charge is -2.38. The van der Waals surface area contributed by atoms with E-state index in [4.69, 9.17) is 0 Å². The van der Waals surface area contributed by atoms with Gasteiger partial charge >= 0.3 is 0 Å². The molecule has 1 heterocycles. The molecule has 104 valence electrons. The lowest BCUT2D eigenvalue weighted by atomic mass is 9.91. The second-order valence-electron chi connectivity index (χ2n) is 5.43. The summed E-state index contributed by atoms with van der Waals surface area (Å²) in [6.45, 7) is 8.16. The molecule has 3 nitrogen and oxygen atoms in total. The third-order valence-electron chi connectivity index (χ3n) is 4.16. The Balaban J connectivity index is 2.23. The highest BCUT2D eigenvalue weighted by molar-refractivity contribution is 5.99. The van der Waals surface area contributed by atoms with Crippen LogP contribution in [0.3, 0.4) is 0 Å². The Morgan fingerprint density at radius 1 is 1.37 bits per heavy atom. The molecule has 0 bridgehead atoms. The molecule has 2 atom stereocenters. The predicted molar refractivity (Wildman–Crippen MR) is 79.5 cm³/mol. The van der Waals surface area contributed by atoms with Crippen molar-refractivity contribution in [2.45, 2.75) is 39.7 Å². The maximum Gasteiger partial charge on any atom is 0.256 e. The van der Waals surface area contributed by atoms with E-state index in [0.717, 1.165) is 30.8 Å². The molecule has 0 saturated carbocycles. The van der Waals surface area contributed by atoms with Crippen molar-refractivity contribution >= 4 is 11.6 Å². The van der Waals surface area contributed by atoms with Crippen molar-refractivity contribution in [1.29, 1.82) is 0 Å². The molecular weight excluding hydrogens is 236 g/mol. The van der Waals surface area contributed by atoms with Gasteiger partial charge in [0.15, 0.2) is 0 Å². The summed E-state index contributed by atoms with van der Waals surface area (Å²) in [5, 5.41) is 3.27. The minimum absolute atomic E-state index is 0.163. The highest BCUT2D eigenvalue weighted by Gasteiger charge is 2.29. The van der Waals surface area contributed by atoms with Gasteiger partial charge in [0, 0.05) is 24.8 Å². The molecule has 0 aliphatic carbocycles. The number of nitrogens with one attached hydrogen (secondary N) is 1. The van der Waals surface area contributed by atoms with Crippen molar-refractivity contribution in [1.82, 2.24) is 4.90 Å². The summed E-state index contributed by atoms with van der Waals surface area (Å²) in [6, 6.07) is 8.14. The molecule has 1 saturated heterocycles. The zero-order valence-corrected chi connectivity index (χ0v) is 12.1. The number of rotatable bonds is 3. The first kappa shape index (κ1) is 13.9. The third kappa shape index (κ3) is 2.91. The molecule has 0 radical (unpaired) electrons. The Hall–Kier alpha value is -1.51. The van der Waals surface area contributed by atoms with Crippen LogP contribution in [-0.2, 0) is 0 Å². The van der Waals surface area contributed by atoms with Crippen molar-refractivity contribution in [3.63, 3.8) is 0 Å². The van der Waals surface area contributed by atoms with Crippen molar-refractivity contribution < 1.29 is 4.79 Å². The van der Waals surface area contributed by atoms with E-state index in [1.807, 2.05) is 36.1 Å². The Bertz CT molecular complexity index is 444. The van der Waals surface area contributed by atoms with Crippen molar-refractivity contribution in [3.05, 3.63) is 29.8 Å². The van der Waals surface area contributed by atoms with E-state index in [-0.39, 0.29) is 5.91 Å². The standard InChI is InChI=1S/C16H24N2O/c1-4-17-15-10-6-5-9-14(15)16(19)18-11-7-8-12(2)13(18)3/h5-6,9-10,12-13,17H,4,7-8,11H2,1-3H3. The van der Waals surface area contributed by atoms with Crippen LogP contribution in [0.4, 0.5) is 5.69 Å². The van der Waals surface area contributed by atoms with Crippen molar-refractivity contribution in [3.8, 4) is 0 Å². The van der Waals surface area contributed by atoms with Gasteiger partial charge in [0.25, 0.3) is 5.91 Å². The fraction of sp³-hybridized carbons (Fsp3) is 0.562. The average molecular weight is 260 g/mol. The van der Waals surface area contributed by atoms with Crippen LogP contribution in [0.1, 0.15) is 44.0 Å². The number of hydrogen-bond acceptors (Lipinski definition) is 2. The monoisotopic (exact) mass is 260 g/mol.